The summed E-state index contributed by atoms with van der Waals surface area (Å²) in [5, 5.41) is 9.12. The van der Waals surface area contributed by atoms with Crippen LogP contribution in [0, 0.1) is 5.92 Å². The first kappa shape index (κ1) is 20.8. The predicted octanol–water partition coefficient (Wildman–Crippen LogP) is 1.20. The van der Waals surface area contributed by atoms with Crippen LogP contribution in [0.2, 0.25) is 0 Å². The number of carbonyl (C=O) groups is 1. The van der Waals surface area contributed by atoms with Gasteiger partial charge in [-0.2, -0.15) is 8.61 Å². The number of carboxylic acids is 1. The zero-order chi connectivity index (χ0) is 19.5. The molecule has 1 heterocycles. The number of nitrogens with zero attached hydrogens (tertiary/aromatic N) is 2. The van der Waals surface area contributed by atoms with Gasteiger partial charge in [0.15, 0.2) is 0 Å². The van der Waals surface area contributed by atoms with Crippen molar-refractivity contribution in [2.75, 3.05) is 26.2 Å². The van der Waals surface area contributed by atoms with E-state index in [-0.39, 0.29) is 22.9 Å². The minimum Gasteiger partial charge on any atom is -0.481 e. The SMILES string of the molecule is CCN(CC)S(=O)(=O)c1ccc(S(=O)(=O)N2CCC[C@@H](C(=O)O)C2)cc1. The molecule has 0 unspecified atom stereocenters. The maximum Gasteiger partial charge on any atom is 0.307 e. The van der Waals surface area contributed by atoms with Crippen molar-refractivity contribution in [1.29, 1.82) is 0 Å². The van der Waals surface area contributed by atoms with E-state index in [2.05, 4.69) is 0 Å². The van der Waals surface area contributed by atoms with Gasteiger partial charge in [0.05, 0.1) is 15.7 Å². The smallest absolute Gasteiger partial charge is 0.307 e. The first-order chi connectivity index (χ1) is 12.1. The van der Waals surface area contributed by atoms with E-state index in [9.17, 15) is 21.6 Å². The second kappa shape index (κ2) is 8.03. The van der Waals surface area contributed by atoms with E-state index in [0.29, 0.717) is 25.9 Å². The van der Waals surface area contributed by atoms with Crippen molar-refractivity contribution in [2.45, 2.75) is 36.5 Å². The Hall–Kier alpha value is -1.49. The number of hydrogen-bond donors (Lipinski definition) is 1. The molecule has 0 aromatic heterocycles. The summed E-state index contributed by atoms with van der Waals surface area (Å²) in [4.78, 5) is 11.1. The highest BCUT2D eigenvalue weighted by Gasteiger charge is 2.33. The first-order valence-electron chi connectivity index (χ1n) is 8.47. The number of piperidine rings is 1. The minimum atomic E-state index is -3.86. The van der Waals surface area contributed by atoms with E-state index < -0.39 is 31.9 Å². The third kappa shape index (κ3) is 4.08. The van der Waals surface area contributed by atoms with Crippen LogP contribution in [0.5, 0.6) is 0 Å². The molecule has 0 spiro atoms. The lowest BCUT2D eigenvalue weighted by Crippen LogP contribution is -2.42. The molecule has 1 aliphatic rings. The molecule has 10 heteroatoms. The molecule has 1 aliphatic heterocycles. The van der Waals surface area contributed by atoms with Crippen molar-refractivity contribution in [2.24, 2.45) is 5.92 Å². The van der Waals surface area contributed by atoms with Crippen molar-refractivity contribution in [3.63, 3.8) is 0 Å². The Morgan fingerprint density at radius 1 is 1.12 bits per heavy atom. The largest absolute Gasteiger partial charge is 0.481 e. The Morgan fingerprint density at radius 2 is 1.65 bits per heavy atom. The van der Waals surface area contributed by atoms with Gasteiger partial charge in [0.25, 0.3) is 0 Å². The fourth-order valence-corrected chi connectivity index (χ4v) is 5.99. The van der Waals surface area contributed by atoms with Crippen molar-refractivity contribution in [3.8, 4) is 0 Å². The van der Waals surface area contributed by atoms with E-state index in [4.69, 9.17) is 5.11 Å². The molecular weight excluding hydrogens is 380 g/mol. The van der Waals surface area contributed by atoms with Crippen LogP contribution in [-0.2, 0) is 24.8 Å². The van der Waals surface area contributed by atoms with E-state index in [1.807, 2.05) is 0 Å². The highest BCUT2D eigenvalue weighted by Crippen LogP contribution is 2.25. The van der Waals surface area contributed by atoms with Crippen LogP contribution in [0.3, 0.4) is 0 Å². The third-order valence-corrected chi connectivity index (χ3v) is 8.48. The molecule has 0 aliphatic carbocycles. The normalized spacial score (nSPS) is 19.6. The lowest BCUT2D eigenvalue weighted by atomic mass is 10.0. The van der Waals surface area contributed by atoms with E-state index in [0.717, 1.165) is 4.31 Å². The van der Waals surface area contributed by atoms with Gasteiger partial charge in [-0.15, -0.1) is 0 Å². The Bertz CT molecular complexity index is 845. The molecule has 0 saturated carbocycles. The molecule has 146 valence electrons. The summed E-state index contributed by atoms with van der Waals surface area (Å²) in [5.74, 6) is -1.73. The Labute approximate surface area is 154 Å². The molecule has 0 bridgehead atoms. The summed E-state index contributed by atoms with van der Waals surface area (Å²) >= 11 is 0. The van der Waals surface area contributed by atoms with E-state index >= 15 is 0 Å². The highest BCUT2D eigenvalue weighted by atomic mass is 32.2. The summed E-state index contributed by atoms with van der Waals surface area (Å²) in [7, 11) is -7.52. The monoisotopic (exact) mass is 404 g/mol. The second-order valence-electron chi connectivity index (χ2n) is 6.10. The van der Waals surface area contributed by atoms with Crippen LogP contribution in [0.4, 0.5) is 0 Å². The van der Waals surface area contributed by atoms with Crippen LogP contribution in [0.1, 0.15) is 26.7 Å². The number of carboxylic acid groups (broad SMARTS) is 1. The first-order valence-corrected chi connectivity index (χ1v) is 11.4. The predicted molar refractivity (Wildman–Crippen MR) is 95.7 cm³/mol. The number of aliphatic carboxylic acids is 1. The van der Waals surface area contributed by atoms with Gasteiger partial charge in [0, 0.05) is 26.2 Å². The lowest BCUT2D eigenvalue weighted by molar-refractivity contribution is -0.142. The molecule has 1 atom stereocenters. The summed E-state index contributed by atoms with van der Waals surface area (Å²) in [6, 6.07) is 5.07. The number of sulfonamides is 2. The fourth-order valence-electron chi connectivity index (χ4n) is 3.01. The van der Waals surface area contributed by atoms with Crippen molar-refractivity contribution in [1.82, 2.24) is 8.61 Å². The molecule has 0 amide bonds. The summed E-state index contributed by atoms with van der Waals surface area (Å²) in [5.41, 5.74) is 0. The summed E-state index contributed by atoms with van der Waals surface area (Å²) < 4.78 is 52.9. The van der Waals surface area contributed by atoms with Crippen molar-refractivity contribution >= 4 is 26.0 Å². The molecule has 1 aromatic rings. The maximum atomic E-state index is 12.7. The number of rotatable bonds is 7. The zero-order valence-corrected chi connectivity index (χ0v) is 16.5. The maximum absolute atomic E-state index is 12.7. The quantitative estimate of drug-likeness (QED) is 0.731. The number of hydrogen-bond acceptors (Lipinski definition) is 5. The molecule has 2 rings (SSSR count). The molecule has 1 fully saturated rings. The molecular formula is C16H24N2O6S2. The van der Waals surface area contributed by atoms with Gasteiger partial charge < -0.3 is 5.11 Å². The topological polar surface area (TPSA) is 112 Å². The average Bonchev–Trinajstić information content (AvgIpc) is 2.62. The lowest BCUT2D eigenvalue weighted by Gasteiger charge is -2.29. The fraction of sp³-hybridized carbons (Fsp3) is 0.562. The average molecular weight is 405 g/mol. The Morgan fingerprint density at radius 3 is 2.15 bits per heavy atom. The standard InChI is InChI=1S/C16H24N2O6S2/c1-3-17(4-2)25(21,22)14-7-9-15(10-8-14)26(23,24)18-11-5-6-13(12-18)16(19)20/h7-10,13H,3-6,11-12H2,1-2H3,(H,19,20)/t13-/m1/s1. The molecule has 1 saturated heterocycles. The van der Waals surface area contributed by atoms with Gasteiger partial charge in [0.1, 0.15) is 0 Å². The van der Waals surface area contributed by atoms with Gasteiger partial charge in [-0.3, -0.25) is 4.79 Å². The Balaban J connectivity index is 2.28. The van der Waals surface area contributed by atoms with Crippen LogP contribution in [0.25, 0.3) is 0 Å². The van der Waals surface area contributed by atoms with Crippen LogP contribution < -0.4 is 0 Å². The molecule has 26 heavy (non-hydrogen) atoms. The second-order valence-corrected chi connectivity index (χ2v) is 9.98. The Kier molecular flexibility index (Phi) is 6.43. The van der Waals surface area contributed by atoms with Gasteiger partial charge >= 0.3 is 5.97 Å². The van der Waals surface area contributed by atoms with E-state index in [1.165, 1.54) is 28.6 Å². The third-order valence-electron chi connectivity index (χ3n) is 4.54. The van der Waals surface area contributed by atoms with Crippen LogP contribution >= 0.6 is 0 Å². The van der Waals surface area contributed by atoms with Crippen LogP contribution in [-0.4, -0.2) is 62.7 Å². The van der Waals surface area contributed by atoms with Gasteiger partial charge in [0.2, 0.25) is 20.0 Å². The van der Waals surface area contributed by atoms with Crippen molar-refractivity contribution in [3.05, 3.63) is 24.3 Å². The molecule has 8 nitrogen and oxygen atoms in total. The van der Waals surface area contributed by atoms with Gasteiger partial charge in [-0.25, -0.2) is 16.8 Å². The zero-order valence-electron chi connectivity index (χ0n) is 14.8. The number of benzene rings is 1. The van der Waals surface area contributed by atoms with E-state index in [1.54, 1.807) is 13.8 Å². The van der Waals surface area contributed by atoms with Gasteiger partial charge in [-0.1, -0.05) is 13.8 Å². The molecule has 1 N–H and O–H groups in total. The van der Waals surface area contributed by atoms with Gasteiger partial charge in [-0.05, 0) is 37.1 Å². The van der Waals surface area contributed by atoms with Crippen molar-refractivity contribution < 1.29 is 26.7 Å². The molecule has 1 aromatic carbocycles. The summed E-state index contributed by atoms with van der Waals surface area (Å²) in [6.07, 6.45) is 0.924. The van der Waals surface area contributed by atoms with Crippen LogP contribution in [0.15, 0.2) is 34.1 Å². The molecule has 0 radical (unpaired) electrons. The summed E-state index contributed by atoms with van der Waals surface area (Å²) in [6.45, 7) is 4.29. The highest BCUT2D eigenvalue weighted by molar-refractivity contribution is 7.89. The minimum absolute atomic E-state index is 0.0298.